The molecular weight excluding hydrogens is 148 g/mol. The van der Waals surface area contributed by atoms with Gasteiger partial charge in [0.25, 0.3) is 0 Å². The Hall–Kier alpha value is -0.970. The largest absolute Gasteiger partial charge is 0.383 e. The van der Waals surface area contributed by atoms with Gasteiger partial charge in [-0.2, -0.15) is 0 Å². The highest BCUT2D eigenvalue weighted by molar-refractivity contribution is 8.00. The van der Waals surface area contributed by atoms with E-state index in [1.807, 2.05) is 0 Å². The molecule has 0 bridgehead atoms. The lowest BCUT2D eigenvalue weighted by Gasteiger charge is -1.97. The fourth-order valence-electron chi connectivity index (χ4n) is 0.526. The SMILES string of the molecule is [CH2]Sc1nc(N)cc(N)n1. The van der Waals surface area contributed by atoms with E-state index in [1.54, 1.807) is 0 Å². The summed E-state index contributed by atoms with van der Waals surface area (Å²) < 4.78 is 0. The third-order valence-corrected chi connectivity index (χ3v) is 1.32. The molecule has 0 saturated carbocycles. The van der Waals surface area contributed by atoms with Crippen LogP contribution in [0.3, 0.4) is 0 Å². The molecule has 1 rings (SSSR count). The van der Waals surface area contributed by atoms with Gasteiger partial charge in [-0.3, -0.25) is 0 Å². The summed E-state index contributed by atoms with van der Waals surface area (Å²) in [5, 5.41) is 0.498. The van der Waals surface area contributed by atoms with Crippen molar-refractivity contribution in [3.63, 3.8) is 0 Å². The second kappa shape index (κ2) is 2.74. The van der Waals surface area contributed by atoms with E-state index >= 15 is 0 Å². The second-order valence-electron chi connectivity index (χ2n) is 1.64. The van der Waals surface area contributed by atoms with Crippen LogP contribution < -0.4 is 11.5 Å². The molecule has 0 aromatic carbocycles. The highest BCUT2D eigenvalue weighted by Gasteiger charge is 1.96. The Morgan fingerprint density at radius 3 is 2.20 bits per heavy atom. The highest BCUT2D eigenvalue weighted by Crippen LogP contribution is 2.13. The molecule has 1 aromatic heterocycles. The number of nitrogens with two attached hydrogens (primary N) is 2. The van der Waals surface area contributed by atoms with E-state index in [1.165, 1.54) is 6.07 Å². The zero-order chi connectivity index (χ0) is 7.56. The number of anilines is 2. The molecule has 4 nitrogen and oxygen atoms in total. The van der Waals surface area contributed by atoms with E-state index in [4.69, 9.17) is 11.5 Å². The summed E-state index contributed by atoms with van der Waals surface area (Å²) in [5.74, 6) is 0.748. The molecular formula is C5H7N4S. The van der Waals surface area contributed by atoms with Crippen LogP contribution in [0, 0.1) is 6.26 Å². The minimum Gasteiger partial charge on any atom is -0.383 e. The van der Waals surface area contributed by atoms with Crippen LogP contribution in [-0.2, 0) is 0 Å². The van der Waals surface area contributed by atoms with Crippen molar-refractivity contribution in [1.82, 2.24) is 9.97 Å². The third kappa shape index (κ3) is 1.51. The van der Waals surface area contributed by atoms with Crippen LogP contribution in [0.5, 0.6) is 0 Å². The van der Waals surface area contributed by atoms with Gasteiger partial charge >= 0.3 is 0 Å². The smallest absolute Gasteiger partial charge is 0.191 e. The summed E-state index contributed by atoms with van der Waals surface area (Å²) in [4.78, 5) is 7.68. The molecule has 1 radical (unpaired) electrons. The summed E-state index contributed by atoms with van der Waals surface area (Å²) in [6.45, 7) is 0. The molecule has 0 unspecified atom stereocenters. The predicted octanol–water partition coefficient (Wildman–Crippen LogP) is 0.525. The summed E-state index contributed by atoms with van der Waals surface area (Å²) in [6, 6.07) is 1.50. The van der Waals surface area contributed by atoms with Gasteiger partial charge in [-0.15, -0.1) is 0 Å². The second-order valence-corrected chi connectivity index (χ2v) is 2.30. The average Bonchev–Trinajstić information content (AvgIpc) is 1.85. The number of hydrogen-bond acceptors (Lipinski definition) is 5. The molecule has 0 amide bonds. The standard InChI is InChI=1S/C5H7N4S/c1-10-5-8-3(6)2-4(7)9-5/h2H,1H2,(H4,6,7,8,9). The van der Waals surface area contributed by atoms with E-state index in [0.717, 1.165) is 11.8 Å². The van der Waals surface area contributed by atoms with Gasteiger partial charge in [-0.1, -0.05) is 11.8 Å². The monoisotopic (exact) mass is 155 g/mol. The Morgan fingerprint density at radius 1 is 1.30 bits per heavy atom. The lowest BCUT2D eigenvalue weighted by Crippen LogP contribution is -1.98. The van der Waals surface area contributed by atoms with Gasteiger partial charge in [-0.25, -0.2) is 9.97 Å². The maximum atomic E-state index is 5.36. The van der Waals surface area contributed by atoms with E-state index in [-0.39, 0.29) is 0 Å². The van der Waals surface area contributed by atoms with E-state index < -0.39 is 0 Å². The Kier molecular flexibility index (Phi) is 1.96. The van der Waals surface area contributed by atoms with Gasteiger partial charge in [0.2, 0.25) is 0 Å². The Balaban J connectivity index is 3.06. The number of rotatable bonds is 1. The molecule has 0 spiro atoms. The molecule has 0 aliphatic rings. The molecule has 0 aliphatic heterocycles. The Labute approximate surface area is 63.0 Å². The van der Waals surface area contributed by atoms with Gasteiger partial charge in [0.15, 0.2) is 5.16 Å². The maximum absolute atomic E-state index is 5.36. The maximum Gasteiger partial charge on any atom is 0.191 e. The summed E-state index contributed by atoms with van der Waals surface area (Å²) in [5.41, 5.74) is 10.7. The van der Waals surface area contributed by atoms with Crippen molar-refractivity contribution in [2.75, 3.05) is 11.5 Å². The summed E-state index contributed by atoms with van der Waals surface area (Å²) >= 11 is 1.16. The molecule has 0 atom stereocenters. The van der Waals surface area contributed by atoms with Crippen LogP contribution >= 0.6 is 11.8 Å². The lowest BCUT2D eigenvalue weighted by molar-refractivity contribution is 0.989. The number of hydrogen-bond donors (Lipinski definition) is 2. The van der Waals surface area contributed by atoms with Crippen LogP contribution in [0.15, 0.2) is 11.2 Å². The fourth-order valence-corrected chi connectivity index (χ4v) is 0.866. The zero-order valence-corrected chi connectivity index (χ0v) is 6.06. The molecule has 53 valence electrons. The predicted molar refractivity (Wildman–Crippen MR) is 42.1 cm³/mol. The third-order valence-electron chi connectivity index (χ3n) is 0.874. The van der Waals surface area contributed by atoms with Crippen molar-refractivity contribution in [1.29, 1.82) is 0 Å². The van der Waals surface area contributed by atoms with Gasteiger partial charge in [-0.05, 0) is 0 Å². The fraction of sp³-hybridized carbons (Fsp3) is 0. The molecule has 0 aliphatic carbocycles. The van der Waals surface area contributed by atoms with E-state index in [9.17, 15) is 0 Å². The Morgan fingerprint density at radius 2 is 1.80 bits per heavy atom. The molecule has 10 heavy (non-hydrogen) atoms. The quantitative estimate of drug-likeness (QED) is 0.456. The van der Waals surface area contributed by atoms with Gasteiger partial charge in [0.1, 0.15) is 11.6 Å². The van der Waals surface area contributed by atoms with E-state index in [0.29, 0.717) is 16.8 Å². The number of nitrogen functional groups attached to an aromatic ring is 2. The van der Waals surface area contributed by atoms with Crippen LogP contribution in [0.2, 0.25) is 0 Å². The van der Waals surface area contributed by atoms with Gasteiger partial charge in [0.05, 0.1) is 0 Å². The molecule has 0 saturated heterocycles. The lowest BCUT2D eigenvalue weighted by atomic mass is 10.5. The first kappa shape index (κ1) is 7.14. The Bertz CT molecular complexity index is 217. The first-order valence-corrected chi connectivity index (χ1v) is 3.53. The van der Waals surface area contributed by atoms with Crippen LogP contribution in [-0.4, -0.2) is 9.97 Å². The normalized spacial score (nSPS) is 9.70. The first-order valence-electron chi connectivity index (χ1n) is 2.54. The summed E-state index contributed by atoms with van der Waals surface area (Å²) in [6.07, 6.45) is 3.52. The average molecular weight is 155 g/mol. The number of aromatic nitrogens is 2. The molecule has 1 heterocycles. The van der Waals surface area contributed by atoms with Crippen molar-refractivity contribution >= 4 is 23.4 Å². The zero-order valence-electron chi connectivity index (χ0n) is 5.24. The molecule has 4 N–H and O–H groups in total. The van der Waals surface area contributed by atoms with Crippen molar-refractivity contribution in [3.05, 3.63) is 12.3 Å². The van der Waals surface area contributed by atoms with Crippen LogP contribution in [0.25, 0.3) is 0 Å². The first-order chi connectivity index (χ1) is 4.72. The summed E-state index contributed by atoms with van der Waals surface area (Å²) in [7, 11) is 0. The van der Waals surface area contributed by atoms with Gasteiger partial charge < -0.3 is 11.5 Å². The van der Waals surface area contributed by atoms with Crippen molar-refractivity contribution in [2.24, 2.45) is 0 Å². The number of thioether (sulfide) groups is 1. The van der Waals surface area contributed by atoms with Crippen LogP contribution in [0.4, 0.5) is 11.6 Å². The topological polar surface area (TPSA) is 77.8 Å². The van der Waals surface area contributed by atoms with Crippen molar-refractivity contribution in [2.45, 2.75) is 5.16 Å². The van der Waals surface area contributed by atoms with Gasteiger partial charge in [0, 0.05) is 12.3 Å². The highest BCUT2D eigenvalue weighted by atomic mass is 32.2. The minimum atomic E-state index is 0.374. The molecule has 1 aromatic rings. The number of nitrogens with zero attached hydrogens (tertiary/aromatic N) is 2. The van der Waals surface area contributed by atoms with Crippen LogP contribution in [0.1, 0.15) is 0 Å². The van der Waals surface area contributed by atoms with E-state index in [2.05, 4.69) is 16.2 Å². The van der Waals surface area contributed by atoms with Crippen molar-refractivity contribution < 1.29 is 0 Å². The minimum absolute atomic E-state index is 0.374. The van der Waals surface area contributed by atoms with Crippen molar-refractivity contribution in [3.8, 4) is 0 Å². The molecule has 5 heteroatoms. The molecule has 0 fully saturated rings.